The van der Waals surface area contributed by atoms with Gasteiger partial charge in [-0.1, -0.05) is 19.4 Å². The predicted octanol–water partition coefficient (Wildman–Crippen LogP) is 2.47. The Kier molecular flexibility index (Phi) is 5.62. The van der Waals surface area contributed by atoms with Gasteiger partial charge in [0.1, 0.15) is 0 Å². The van der Waals surface area contributed by atoms with Gasteiger partial charge in [0.2, 0.25) is 5.91 Å². The molecule has 1 saturated heterocycles. The average molecular weight is 411 g/mol. The largest absolute Gasteiger partial charge is 0.345 e. The third-order valence-electron chi connectivity index (χ3n) is 6.78. The van der Waals surface area contributed by atoms with Crippen molar-refractivity contribution < 1.29 is 4.79 Å². The molecule has 4 rings (SSSR count). The Labute approximate surface area is 176 Å². The predicted molar refractivity (Wildman–Crippen MR) is 115 cm³/mol. The number of pyridine rings is 1. The molecule has 1 amide bonds. The van der Waals surface area contributed by atoms with Gasteiger partial charge < -0.3 is 14.5 Å². The first-order chi connectivity index (χ1) is 14.4. The molecule has 0 aromatic carbocycles. The zero-order chi connectivity index (χ0) is 21.4. The summed E-state index contributed by atoms with van der Waals surface area (Å²) in [4.78, 5) is 45.9. The Hall–Kier alpha value is -2.70. The number of carbonyl (C=O) groups excluding carboxylic acids is 1. The van der Waals surface area contributed by atoms with Crippen molar-refractivity contribution in [3.05, 3.63) is 61.7 Å². The van der Waals surface area contributed by atoms with Crippen molar-refractivity contribution in [2.75, 3.05) is 13.1 Å². The average Bonchev–Trinajstić information content (AvgIpc) is 2.70. The molecule has 30 heavy (non-hydrogen) atoms. The van der Waals surface area contributed by atoms with Crippen molar-refractivity contribution in [1.29, 1.82) is 0 Å². The van der Waals surface area contributed by atoms with Crippen LogP contribution in [0.1, 0.15) is 67.2 Å². The van der Waals surface area contributed by atoms with Crippen molar-refractivity contribution >= 4 is 5.91 Å². The lowest BCUT2D eigenvalue weighted by molar-refractivity contribution is -0.134. The standard InChI is InChI=1S/C23H30N4O3/c1-4-6-19-16-11-17(20-7-5-8-22(29)27(19)20)13-26(12-16)21(28)10-9-18-14(2)24-23(30)25-15(18)3/h5,7-8,16-17,19H,4,6,9-13H2,1-3H3,(H,24,25,30)/t16-,17+,19-/m0/s1. The van der Waals surface area contributed by atoms with Gasteiger partial charge in [-0.05, 0) is 50.7 Å². The second-order valence-electron chi connectivity index (χ2n) is 8.74. The van der Waals surface area contributed by atoms with Crippen molar-refractivity contribution in [3.63, 3.8) is 0 Å². The molecule has 160 valence electrons. The van der Waals surface area contributed by atoms with Crippen molar-refractivity contribution in [2.24, 2.45) is 5.92 Å². The molecule has 2 aromatic heterocycles. The Bertz CT molecular complexity index is 1040. The van der Waals surface area contributed by atoms with Crippen LogP contribution in [-0.2, 0) is 11.2 Å². The Morgan fingerprint density at radius 3 is 2.77 bits per heavy atom. The third kappa shape index (κ3) is 3.73. The number of likely N-dealkylation sites (tertiary alicyclic amines) is 1. The van der Waals surface area contributed by atoms with E-state index < -0.39 is 0 Å². The monoisotopic (exact) mass is 410 g/mol. The zero-order valence-corrected chi connectivity index (χ0v) is 18.0. The molecule has 0 aliphatic carbocycles. The minimum Gasteiger partial charge on any atom is -0.342 e. The quantitative estimate of drug-likeness (QED) is 0.820. The molecule has 0 radical (unpaired) electrons. The summed E-state index contributed by atoms with van der Waals surface area (Å²) in [5.41, 5.74) is 3.23. The van der Waals surface area contributed by atoms with Gasteiger partial charge in [-0.15, -0.1) is 0 Å². The van der Waals surface area contributed by atoms with Crippen LogP contribution in [0.25, 0.3) is 0 Å². The van der Waals surface area contributed by atoms with E-state index in [0.717, 1.165) is 36.2 Å². The maximum Gasteiger partial charge on any atom is 0.345 e. The van der Waals surface area contributed by atoms with Crippen LogP contribution < -0.4 is 11.2 Å². The summed E-state index contributed by atoms with van der Waals surface area (Å²) >= 11 is 0. The molecule has 0 spiro atoms. The van der Waals surface area contributed by atoms with Crippen molar-refractivity contribution in [2.45, 2.75) is 64.8 Å². The molecule has 1 fully saturated rings. The topological polar surface area (TPSA) is 88.1 Å². The van der Waals surface area contributed by atoms with Crippen molar-refractivity contribution in [1.82, 2.24) is 19.4 Å². The summed E-state index contributed by atoms with van der Waals surface area (Å²) in [6.45, 7) is 7.19. The number of fused-ring (bicyclic) bond motifs is 4. The molecular formula is C23H30N4O3. The maximum absolute atomic E-state index is 13.1. The lowest BCUT2D eigenvalue weighted by Crippen LogP contribution is -2.51. The Balaban J connectivity index is 1.53. The number of hydrogen-bond acceptors (Lipinski definition) is 4. The number of hydrogen-bond donors (Lipinski definition) is 1. The highest BCUT2D eigenvalue weighted by atomic mass is 16.2. The maximum atomic E-state index is 13.1. The van der Waals surface area contributed by atoms with Gasteiger partial charge in [0.15, 0.2) is 0 Å². The molecular weight excluding hydrogens is 380 g/mol. The zero-order valence-electron chi connectivity index (χ0n) is 18.0. The molecule has 2 aromatic rings. The number of amides is 1. The fourth-order valence-corrected chi connectivity index (χ4v) is 5.42. The highest BCUT2D eigenvalue weighted by molar-refractivity contribution is 5.76. The Morgan fingerprint density at radius 2 is 2.03 bits per heavy atom. The van der Waals surface area contributed by atoms with Crippen LogP contribution in [0.5, 0.6) is 0 Å². The van der Waals surface area contributed by atoms with Crippen molar-refractivity contribution in [3.8, 4) is 0 Å². The van der Waals surface area contributed by atoms with Gasteiger partial charge in [-0.2, -0.15) is 4.98 Å². The second kappa shape index (κ2) is 8.20. The molecule has 2 aliphatic rings. The molecule has 0 unspecified atom stereocenters. The summed E-state index contributed by atoms with van der Waals surface area (Å²) in [6.07, 6.45) is 3.98. The SMILES string of the molecule is CCC[C@H]1[C@H]2C[C@H](CN(C(=O)CCc3c(C)nc(=O)[nH]c3C)C2)c2cccc(=O)n21. The molecule has 7 nitrogen and oxygen atoms in total. The summed E-state index contributed by atoms with van der Waals surface area (Å²) < 4.78 is 2.00. The molecule has 1 N–H and O–H groups in total. The van der Waals surface area contributed by atoms with E-state index in [4.69, 9.17) is 0 Å². The number of nitrogens with one attached hydrogen (secondary N) is 1. The van der Waals surface area contributed by atoms with Gasteiger partial charge >= 0.3 is 5.69 Å². The molecule has 7 heteroatoms. The summed E-state index contributed by atoms with van der Waals surface area (Å²) in [6, 6.07) is 5.71. The van der Waals surface area contributed by atoms with Gasteiger partial charge in [-0.25, -0.2) is 4.79 Å². The number of aryl methyl sites for hydroxylation is 2. The smallest absolute Gasteiger partial charge is 0.342 e. The third-order valence-corrected chi connectivity index (χ3v) is 6.78. The molecule has 0 saturated carbocycles. The fraction of sp³-hybridized carbons (Fsp3) is 0.565. The Morgan fingerprint density at radius 1 is 1.23 bits per heavy atom. The minimum absolute atomic E-state index is 0.0805. The van der Waals surface area contributed by atoms with E-state index in [0.29, 0.717) is 37.5 Å². The normalized spacial score (nSPS) is 22.6. The summed E-state index contributed by atoms with van der Waals surface area (Å²) in [5, 5.41) is 0. The van der Waals surface area contributed by atoms with Crippen LogP contribution >= 0.6 is 0 Å². The fourth-order valence-electron chi connectivity index (χ4n) is 5.42. The lowest BCUT2D eigenvalue weighted by Gasteiger charge is -2.47. The number of piperidine rings is 1. The van der Waals surface area contributed by atoms with E-state index >= 15 is 0 Å². The van der Waals surface area contributed by atoms with E-state index in [1.54, 1.807) is 6.07 Å². The number of nitrogens with zero attached hydrogens (tertiary/aromatic N) is 3. The van der Waals surface area contributed by atoms with E-state index in [1.807, 2.05) is 29.4 Å². The first-order valence-corrected chi connectivity index (χ1v) is 10.9. The first kappa shape index (κ1) is 20.6. The van der Waals surface area contributed by atoms with Crippen LogP contribution in [0.15, 0.2) is 27.8 Å². The number of H-pyrrole nitrogens is 1. The van der Waals surface area contributed by atoms with Gasteiger partial charge in [0.05, 0.1) is 0 Å². The second-order valence-corrected chi connectivity index (χ2v) is 8.74. The highest BCUT2D eigenvalue weighted by Gasteiger charge is 2.41. The molecule has 2 aliphatic heterocycles. The van der Waals surface area contributed by atoms with E-state index in [9.17, 15) is 14.4 Å². The van der Waals surface area contributed by atoms with Gasteiger partial charge in [0.25, 0.3) is 5.56 Å². The number of rotatable bonds is 5. The number of aromatic nitrogens is 3. The first-order valence-electron chi connectivity index (χ1n) is 10.9. The van der Waals surface area contributed by atoms with Crippen LogP contribution in [-0.4, -0.2) is 38.4 Å². The number of aromatic amines is 1. The lowest BCUT2D eigenvalue weighted by atomic mass is 9.77. The summed E-state index contributed by atoms with van der Waals surface area (Å²) in [5.74, 6) is 0.670. The van der Waals surface area contributed by atoms with E-state index in [-0.39, 0.29) is 29.1 Å². The summed E-state index contributed by atoms with van der Waals surface area (Å²) in [7, 11) is 0. The highest BCUT2D eigenvalue weighted by Crippen LogP contribution is 2.42. The van der Waals surface area contributed by atoms with E-state index in [2.05, 4.69) is 23.0 Å². The van der Waals surface area contributed by atoms with Gasteiger partial charge in [-0.3, -0.25) is 9.59 Å². The van der Waals surface area contributed by atoms with Crippen LogP contribution in [0, 0.1) is 19.8 Å². The molecule has 4 heterocycles. The van der Waals surface area contributed by atoms with Gasteiger partial charge in [0, 0.05) is 54.6 Å². The van der Waals surface area contributed by atoms with Crippen LogP contribution in [0.4, 0.5) is 0 Å². The number of carbonyl (C=O) groups is 1. The molecule has 3 atom stereocenters. The van der Waals surface area contributed by atoms with Crippen LogP contribution in [0.2, 0.25) is 0 Å². The molecule has 2 bridgehead atoms. The van der Waals surface area contributed by atoms with Crippen LogP contribution in [0.3, 0.4) is 0 Å². The van der Waals surface area contributed by atoms with E-state index in [1.165, 1.54) is 0 Å². The minimum atomic E-state index is -0.347.